The third-order valence-electron chi connectivity index (χ3n) is 2.69. The van der Waals surface area contributed by atoms with Crippen LogP contribution < -0.4 is 5.32 Å². The van der Waals surface area contributed by atoms with Gasteiger partial charge in [-0.25, -0.2) is 19.3 Å². The summed E-state index contributed by atoms with van der Waals surface area (Å²) in [4.78, 5) is 13.5. The standard InChI is InChI=1S/C14H11FN4S2/c15-7-12-19-10(8-21-12)3-1-2-5-16-13-11-4-6-20-14(11)18-9-17-13/h4,6,8-9H,2,5,7H2,(H,16,17,18). The van der Waals surface area contributed by atoms with Crippen molar-refractivity contribution in [2.75, 3.05) is 11.9 Å². The van der Waals surface area contributed by atoms with E-state index in [0.29, 0.717) is 23.7 Å². The van der Waals surface area contributed by atoms with Crippen LogP contribution in [0, 0.1) is 11.8 Å². The number of hydrogen-bond donors (Lipinski definition) is 1. The highest BCUT2D eigenvalue weighted by Crippen LogP contribution is 2.23. The van der Waals surface area contributed by atoms with Crippen LogP contribution in [0.3, 0.4) is 0 Å². The molecular weight excluding hydrogens is 307 g/mol. The smallest absolute Gasteiger partial charge is 0.141 e. The van der Waals surface area contributed by atoms with Crippen molar-refractivity contribution in [3.05, 3.63) is 33.9 Å². The average molecular weight is 318 g/mol. The predicted molar refractivity (Wildman–Crippen MR) is 84.3 cm³/mol. The summed E-state index contributed by atoms with van der Waals surface area (Å²) in [6, 6.07) is 2.00. The van der Waals surface area contributed by atoms with Crippen molar-refractivity contribution >= 4 is 38.7 Å². The van der Waals surface area contributed by atoms with Crippen molar-refractivity contribution in [2.24, 2.45) is 0 Å². The first-order valence-corrected chi connectivity index (χ1v) is 8.04. The number of aromatic nitrogens is 3. The first kappa shape index (κ1) is 13.9. The molecule has 106 valence electrons. The zero-order chi connectivity index (χ0) is 14.5. The third kappa shape index (κ3) is 3.35. The van der Waals surface area contributed by atoms with Crippen molar-refractivity contribution in [2.45, 2.75) is 13.1 Å². The van der Waals surface area contributed by atoms with Gasteiger partial charge in [0.05, 0.1) is 5.39 Å². The molecule has 0 amide bonds. The van der Waals surface area contributed by atoms with E-state index in [2.05, 4.69) is 32.1 Å². The molecule has 0 radical (unpaired) electrons. The second kappa shape index (κ2) is 6.61. The molecule has 1 N–H and O–H groups in total. The number of rotatable bonds is 4. The topological polar surface area (TPSA) is 50.7 Å². The van der Waals surface area contributed by atoms with Crippen LogP contribution in [0.5, 0.6) is 0 Å². The lowest BCUT2D eigenvalue weighted by Gasteiger charge is -2.03. The zero-order valence-corrected chi connectivity index (χ0v) is 12.6. The first-order chi connectivity index (χ1) is 10.4. The Morgan fingerprint density at radius 1 is 1.29 bits per heavy atom. The lowest BCUT2D eigenvalue weighted by Crippen LogP contribution is -2.02. The maximum absolute atomic E-state index is 12.3. The number of fused-ring (bicyclic) bond motifs is 1. The number of hydrogen-bond acceptors (Lipinski definition) is 6. The van der Waals surface area contributed by atoms with E-state index in [4.69, 9.17) is 0 Å². The van der Waals surface area contributed by atoms with Crippen LogP contribution in [0.1, 0.15) is 17.1 Å². The van der Waals surface area contributed by atoms with Gasteiger partial charge in [0, 0.05) is 18.3 Å². The highest BCUT2D eigenvalue weighted by molar-refractivity contribution is 7.16. The van der Waals surface area contributed by atoms with E-state index in [0.717, 1.165) is 16.0 Å². The lowest BCUT2D eigenvalue weighted by molar-refractivity contribution is 0.483. The quantitative estimate of drug-likeness (QED) is 0.591. The van der Waals surface area contributed by atoms with Gasteiger partial charge in [-0.3, -0.25) is 0 Å². The lowest BCUT2D eigenvalue weighted by atomic mass is 10.3. The summed E-state index contributed by atoms with van der Waals surface area (Å²) < 4.78 is 12.3. The predicted octanol–water partition coefficient (Wildman–Crippen LogP) is 3.47. The molecule has 0 aliphatic rings. The number of thiazole rings is 1. The van der Waals surface area contributed by atoms with Crippen molar-refractivity contribution in [1.82, 2.24) is 15.0 Å². The van der Waals surface area contributed by atoms with E-state index < -0.39 is 6.67 Å². The molecule has 3 heterocycles. The second-order valence-electron chi connectivity index (χ2n) is 4.10. The van der Waals surface area contributed by atoms with Crippen LogP contribution >= 0.6 is 22.7 Å². The minimum Gasteiger partial charge on any atom is -0.368 e. The Balaban J connectivity index is 1.56. The molecule has 0 fully saturated rings. The van der Waals surface area contributed by atoms with Crippen LogP contribution in [0.15, 0.2) is 23.2 Å². The normalized spacial score (nSPS) is 10.3. The van der Waals surface area contributed by atoms with Crippen LogP contribution in [0.2, 0.25) is 0 Å². The van der Waals surface area contributed by atoms with Gasteiger partial charge in [0.15, 0.2) is 0 Å². The molecule has 0 spiro atoms. The molecule has 3 rings (SSSR count). The van der Waals surface area contributed by atoms with Gasteiger partial charge >= 0.3 is 0 Å². The summed E-state index contributed by atoms with van der Waals surface area (Å²) in [5.41, 5.74) is 0.634. The van der Waals surface area contributed by atoms with Gasteiger partial charge in [0.2, 0.25) is 0 Å². The van der Waals surface area contributed by atoms with Crippen LogP contribution in [-0.2, 0) is 6.67 Å². The van der Waals surface area contributed by atoms with E-state index in [9.17, 15) is 4.39 Å². The molecule has 21 heavy (non-hydrogen) atoms. The van der Waals surface area contributed by atoms with Gasteiger partial charge in [0.25, 0.3) is 0 Å². The monoisotopic (exact) mass is 318 g/mol. The summed E-state index contributed by atoms with van der Waals surface area (Å²) in [5, 5.41) is 8.52. The second-order valence-corrected chi connectivity index (χ2v) is 5.94. The van der Waals surface area contributed by atoms with Gasteiger partial charge in [-0.2, -0.15) is 0 Å². The Morgan fingerprint density at radius 2 is 2.24 bits per heavy atom. The molecule has 0 aliphatic heterocycles. The number of alkyl halides is 1. The van der Waals surface area contributed by atoms with Crippen LogP contribution in [-0.4, -0.2) is 21.5 Å². The Labute approximate surface area is 129 Å². The fourth-order valence-electron chi connectivity index (χ4n) is 1.76. The van der Waals surface area contributed by atoms with E-state index >= 15 is 0 Å². The number of nitrogens with one attached hydrogen (secondary N) is 1. The van der Waals surface area contributed by atoms with E-state index in [-0.39, 0.29) is 0 Å². The fraction of sp³-hybridized carbons (Fsp3) is 0.214. The summed E-state index contributed by atoms with van der Waals surface area (Å²) >= 11 is 2.88. The SMILES string of the molecule is FCc1nc(C#CCCNc2ncnc3sccc23)cs1. The Kier molecular flexibility index (Phi) is 4.38. The summed E-state index contributed by atoms with van der Waals surface area (Å²) in [7, 11) is 0. The number of anilines is 1. The van der Waals surface area contributed by atoms with Crippen molar-refractivity contribution in [3.8, 4) is 11.8 Å². The molecule has 3 aromatic rings. The highest BCUT2D eigenvalue weighted by Gasteiger charge is 2.03. The summed E-state index contributed by atoms with van der Waals surface area (Å²) in [6.07, 6.45) is 2.22. The number of halogens is 1. The molecule has 0 unspecified atom stereocenters. The van der Waals surface area contributed by atoms with E-state index in [1.165, 1.54) is 11.3 Å². The minimum absolute atomic E-state index is 0.471. The Hall–Kier alpha value is -2.04. The number of thiophene rings is 1. The van der Waals surface area contributed by atoms with Crippen molar-refractivity contribution in [3.63, 3.8) is 0 Å². The van der Waals surface area contributed by atoms with Gasteiger partial charge < -0.3 is 5.32 Å². The van der Waals surface area contributed by atoms with Gasteiger partial charge in [-0.05, 0) is 17.4 Å². The van der Waals surface area contributed by atoms with Crippen molar-refractivity contribution < 1.29 is 4.39 Å². The highest BCUT2D eigenvalue weighted by atomic mass is 32.1. The molecule has 0 aliphatic carbocycles. The third-order valence-corrected chi connectivity index (χ3v) is 4.32. The minimum atomic E-state index is -0.530. The van der Waals surface area contributed by atoms with Crippen LogP contribution in [0.4, 0.5) is 10.2 Å². The number of nitrogens with zero attached hydrogens (tertiary/aromatic N) is 3. The summed E-state index contributed by atoms with van der Waals surface area (Å²) in [6.45, 7) is 0.160. The molecule has 0 bridgehead atoms. The molecule has 0 saturated carbocycles. The molecule has 0 atom stereocenters. The Bertz CT molecular complexity index is 800. The molecule has 3 aromatic heterocycles. The van der Waals surface area contributed by atoms with Crippen LogP contribution in [0.25, 0.3) is 10.2 Å². The van der Waals surface area contributed by atoms with Gasteiger partial charge in [-0.15, -0.1) is 22.7 Å². The molecule has 0 saturated heterocycles. The maximum atomic E-state index is 12.3. The largest absolute Gasteiger partial charge is 0.368 e. The molecular formula is C14H11FN4S2. The first-order valence-electron chi connectivity index (χ1n) is 6.28. The average Bonchev–Trinajstić information content (AvgIpc) is 3.15. The molecule has 0 aromatic carbocycles. The van der Waals surface area contributed by atoms with E-state index in [1.807, 2.05) is 11.4 Å². The van der Waals surface area contributed by atoms with Gasteiger partial charge in [-0.1, -0.05) is 5.92 Å². The molecule has 4 nitrogen and oxygen atoms in total. The molecule has 7 heteroatoms. The maximum Gasteiger partial charge on any atom is 0.141 e. The van der Waals surface area contributed by atoms with Crippen molar-refractivity contribution in [1.29, 1.82) is 0 Å². The summed E-state index contributed by atoms with van der Waals surface area (Å²) in [5.74, 6) is 6.78. The fourth-order valence-corrected chi connectivity index (χ4v) is 3.06. The zero-order valence-electron chi connectivity index (χ0n) is 11.0. The Morgan fingerprint density at radius 3 is 3.10 bits per heavy atom. The van der Waals surface area contributed by atoms with Gasteiger partial charge in [0.1, 0.15) is 34.4 Å². The van der Waals surface area contributed by atoms with E-state index in [1.54, 1.807) is 23.0 Å².